The third kappa shape index (κ3) is 5.46. The molecule has 11 aromatic rings. The number of anilines is 3. The van der Waals surface area contributed by atoms with E-state index >= 15 is 0 Å². The molecule has 0 spiro atoms. The smallest absolute Gasteiger partial charge is 0.0462 e. The number of nitrogens with zero attached hydrogens (tertiary/aromatic N) is 1. The van der Waals surface area contributed by atoms with Crippen LogP contribution in [0.1, 0.15) is 0 Å². The van der Waals surface area contributed by atoms with E-state index in [1.165, 1.54) is 85.9 Å². The van der Waals surface area contributed by atoms with Crippen molar-refractivity contribution < 1.29 is 0 Å². The first kappa shape index (κ1) is 32.4. The van der Waals surface area contributed by atoms with Gasteiger partial charge in [0.1, 0.15) is 0 Å². The summed E-state index contributed by atoms with van der Waals surface area (Å²) in [7, 11) is 0. The van der Waals surface area contributed by atoms with Gasteiger partial charge in [-0.25, -0.2) is 0 Å². The van der Waals surface area contributed by atoms with Crippen LogP contribution in [0.3, 0.4) is 0 Å². The zero-order chi connectivity index (χ0) is 37.0. The van der Waals surface area contributed by atoms with Crippen molar-refractivity contribution in [2.24, 2.45) is 0 Å². The van der Waals surface area contributed by atoms with Crippen molar-refractivity contribution in [1.29, 1.82) is 0 Å². The summed E-state index contributed by atoms with van der Waals surface area (Å²) in [5.41, 5.74) is 10.7. The number of fused-ring (bicyclic) bond motifs is 8. The molecule has 1 nitrogen and oxygen atoms in total. The van der Waals surface area contributed by atoms with Crippen LogP contribution in [0.25, 0.3) is 85.9 Å². The normalized spacial score (nSPS) is 11.6. The minimum absolute atomic E-state index is 1.11. The van der Waals surface area contributed by atoms with E-state index in [1.54, 1.807) is 0 Å². The molecule has 0 aliphatic rings. The van der Waals surface area contributed by atoms with Crippen molar-refractivity contribution in [2.75, 3.05) is 4.90 Å². The Labute approximate surface area is 330 Å². The Hall–Kier alpha value is -7.00. The second-order valence-corrected chi connectivity index (χ2v) is 15.6. The Morgan fingerprint density at radius 1 is 0.268 bits per heavy atom. The lowest BCUT2D eigenvalue weighted by Gasteiger charge is -2.26. The van der Waals surface area contributed by atoms with Crippen LogP contribution in [-0.4, -0.2) is 0 Å². The summed E-state index contributed by atoms with van der Waals surface area (Å²) in [6.45, 7) is 0. The molecular weight excluding hydrogens is 695 g/mol. The van der Waals surface area contributed by atoms with Gasteiger partial charge < -0.3 is 4.90 Å². The number of hydrogen-bond donors (Lipinski definition) is 0. The Morgan fingerprint density at radius 3 is 1.54 bits per heavy atom. The molecule has 0 amide bonds. The highest BCUT2D eigenvalue weighted by atomic mass is 32.1. The van der Waals surface area contributed by atoms with E-state index in [1.807, 2.05) is 11.3 Å². The molecule has 11 rings (SSSR count). The van der Waals surface area contributed by atoms with Crippen molar-refractivity contribution in [3.05, 3.63) is 212 Å². The van der Waals surface area contributed by atoms with E-state index in [9.17, 15) is 0 Å². The second-order valence-electron chi connectivity index (χ2n) is 14.5. The van der Waals surface area contributed by atoms with Crippen molar-refractivity contribution in [3.8, 4) is 33.4 Å². The molecule has 0 radical (unpaired) electrons. The molecule has 2 heteroatoms. The van der Waals surface area contributed by atoms with Crippen LogP contribution in [0.2, 0.25) is 0 Å². The lowest BCUT2D eigenvalue weighted by Crippen LogP contribution is -2.09. The van der Waals surface area contributed by atoms with Gasteiger partial charge in [0.25, 0.3) is 0 Å². The van der Waals surface area contributed by atoms with Gasteiger partial charge in [0.15, 0.2) is 0 Å². The van der Waals surface area contributed by atoms with Crippen LogP contribution in [0.4, 0.5) is 17.1 Å². The number of hydrogen-bond acceptors (Lipinski definition) is 2. The predicted molar refractivity (Wildman–Crippen MR) is 243 cm³/mol. The Kier molecular flexibility index (Phi) is 7.75. The summed E-state index contributed by atoms with van der Waals surface area (Å²) in [5, 5.41) is 10.3. The van der Waals surface area contributed by atoms with Gasteiger partial charge in [0.05, 0.1) is 0 Å². The van der Waals surface area contributed by atoms with E-state index in [0.717, 1.165) is 17.1 Å². The van der Waals surface area contributed by atoms with Crippen molar-refractivity contribution >= 4 is 80.9 Å². The van der Waals surface area contributed by atoms with E-state index in [2.05, 4.69) is 217 Å². The quantitative estimate of drug-likeness (QED) is 0.154. The second kappa shape index (κ2) is 13.4. The van der Waals surface area contributed by atoms with Crippen molar-refractivity contribution in [2.45, 2.75) is 0 Å². The molecule has 0 saturated heterocycles. The molecule has 0 fully saturated rings. The van der Waals surface area contributed by atoms with Crippen molar-refractivity contribution in [1.82, 2.24) is 0 Å². The standard InChI is InChI=1S/C54H35NS/c1-2-10-36(11-3-1)37-22-29-42(30-23-37)55(44-33-26-40(27-34-44)47-16-9-19-52-54(47)50-14-6-7-18-51(50)56-52)43-31-24-39(25-32-43)45-15-8-17-49-48(45)35-28-41-21-20-38-12-4-5-13-46(38)53(41)49/h1-35H. The molecular formula is C54H35NS. The Morgan fingerprint density at radius 2 is 0.786 bits per heavy atom. The highest BCUT2D eigenvalue weighted by molar-refractivity contribution is 7.25. The van der Waals surface area contributed by atoms with Crippen LogP contribution in [0.15, 0.2) is 212 Å². The molecule has 1 aromatic heterocycles. The average molecular weight is 730 g/mol. The highest BCUT2D eigenvalue weighted by Crippen LogP contribution is 2.43. The topological polar surface area (TPSA) is 3.24 Å². The summed E-state index contributed by atoms with van der Waals surface area (Å²) in [4.78, 5) is 2.37. The van der Waals surface area contributed by atoms with E-state index in [-0.39, 0.29) is 0 Å². The number of thiophene rings is 1. The first-order valence-electron chi connectivity index (χ1n) is 19.2. The number of rotatable bonds is 6. The van der Waals surface area contributed by atoms with Gasteiger partial charge in [0, 0.05) is 37.2 Å². The zero-order valence-corrected chi connectivity index (χ0v) is 31.4. The minimum atomic E-state index is 1.11. The SMILES string of the molecule is c1ccc(-c2ccc(N(c3ccc(-c4cccc5c4ccc4ccc6ccccc6c45)cc3)c3ccc(-c4cccc5sc6ccccc6c45)cc3)cc2)cc1. The highest BCUT2D eigenvalue weighted by Gasteiger charge is 2.16. The van der Waals surface area contributed by atoms with E-state index in [4.69, 9.17) is 0 Å². The molecule has 262 valence electrons. The monoisotopic (exact) mass is 729 g/mol. The summed E-state index contributed by atoms with van der Waals surface area (Å²) in [6.07, 6.45) is 0. The van der Waals surface area contributed by atoms with Crippen LogP contribution in [0, 0.1) is 0 Å². The largest absolute Gasteiger partial charge is 0.311 e. The summed E-state index contributed by atoms with van der Waals surface area (Å²) >= 11 is 1.86. The third-order valence-electron chi connectivity index (χ3n) is 11.3. The maximum Gasteiger partial charge on any atom is 0.0462 e. The first-order valence-corrected chi connectivity index (χ1v) is 20.0. The summed E-state index contributed by atoms with van der Waals surface area (Å²) in [6, 6.07) is 77.6. The molecule has 56 heavy (non-hydrogen) atoms. The Bertz CT molecular complexity index is 3210. The summed E-state index contributed by atoms with van der Waals surface area (Å²) in [5.74, 6) is 0. The van der Waals surface area contributed by atoms with Gasteiger partial charge in [-0.05, 0) is 114 Å². The van der Waals surface area contributed by atoms with Crippen LogP contribution in [0.5, 0.6) is 0 Å². The lowest BCUT2D eigenvalue weighted by molar-refractivity contribution is 1.28. The fourth-order valence-electron chi connectivity index (χ4n) is 8.59. The fraction of sp³-hybridized carbons (Fsp3) is 0. The average Bonchev–Trinajstić information content (AvgIpc) is 3.66. The first-order chi connectivity index (χ1) is 27.8. The molecule has 1 heterocycles. The van der Waals surface area contributed by atoms with Gasteiger partial charge in [-0.2, -0.15) is 0 Å². The van der Waals surface area contributed by atoms with Crippen LogP contribution in [-0.2, 0) is 0 Å². The molecule has 0 saturated carbocycles. The zero-order valence-electron chi connectivity index (χ0n) is 30.6. The maximum atomic E-state index is 2.37. The molecule has 0 unspecified atom stereocenters. The Balaban J connectivity index is 1.01. The number of benzene rings is 10. The molecule has 0 atom stereocenters. The fourth-order valence-corrected chi connectivity index (χ4v) is 9.72. The van der Waals surface area contributed by atoms with Crippen LogP contribution >= 0.6 is 11.3 Å². The van der Waals surface area contributed by atoms with Gasteiger partial charge in [0.2, 0.25) is 0 Å². The van der Waals surface area contributed by atoms with Gasteiger partial charge >= 0.3 is 0 Å². The predicted octanol–water partition coefficient (Wildman–Crippen LogP) is 16.0. The molecule has 0 N–H and O–H groups in total. The molecule has 0 aliphatic carbocycles. The van der Waals surface area contributed by atoms with Gasteiger partial charge in [-0.15, -0.1) is 11.3 Å². The lowest BCUT2D eigenvalue weighted by atomic mass is 9.92. The summed E-state index contributed by atoms with van der Waals surface area (Å²) < 4.78 is 2.64. The van der Waals surface area contributed by atoms with Gasteiger partial charge in [-0.3, -0.25) is 0 Å². The minimum Gasteiger partial charge on any atom is -0.311 e. The maximum absolute atomic E-state index is 2.37. The van der Waals surface area contributed by atoms with E-state index in [0.29, 0.717) is 0 Å². The van der Waals surface area contributed by atoms with Crippen LogP contribution < -0.4 is 4.90 Å². The molecule has 0 aliphatic heterocycles. The van der Waals surface area contributed by atoms with Gasteiger partial charge in [-0.1, -0.05) is 164 Å². The molecule has 10 aromatic carbocycles. The molecule has 0 bridgehead atoms. The van der Waals surface area contributed by atoms with E-state index < -0.39 is 0 Å². The third-order valence-corrected chi connectivity index (χ3v) is 12.4. The van der Waals surface area contributed by atoms with Crippen molar-refractivity contribution in [3.63, 3.8) is 0 Å².